The molecule has 0 bridgehead atoms. The molecule has 0 aliphatic heterocycles. The second-order valence-corrected chi connectivity index (χ2v) is 8.51. The maximum absolute atomic E-state index is 14.3. The molecule has 0 aromatic heterocycles. The van der Waals surface area contributed by atoms with Crippen molar-refractivity contribution in [3.8, 4) is 22.3 Å². The summed E-state index contributed by atoms with van der Waals surface area (Å²) in [6.07, 6.45) is -4.54. The Morgan fingerprint density at radius 1 is 0.548 bits per heavy atom. The predicted octanol–water partition coefficient (Wildman–Crippen LogP) is 8.28. The quantitative estimate of drug-likeness (QED) is 0.284. The van der Waals surface area contributed by atoms with Crippen LogP contribution in [0.5, 0.6) is 0 Å². The number of hydrogen-bond acceptors (Lipinski definition) is 0. The van der Waals surface area contributed by atoms with Crippen molar-refractivity contribution in [2.75, 3.05) is 0 Å². The van der Waals surface area contributed by atoms with Gasteiger partial charge in [-0.1, -0.05) is 90.5 Å². The van der Waals surface area contributed by atoms with Crippen LogP contribution < -0.4 is 0 Å². The van der Waals surface area contributed by atoms with Crippen molar-refractivity contribution >= 4 is 11.6 Å². The van der Waals surface area contributed by atoms with Gasteiger partial charge >= 0.3 is 6.18 Å². The third kappa shape index (κ3) is 2.56. The number of alkyl halides is 3. The number of benzene rings is 4. The van der Waals surface area contributed by atoms with Crippen LogP contribution in [0.25, 0.3) is 22.3 Å². The van der Waals surface area contributed by atoms with E-state index in [1.165, 1.54) is 6.07 Å². The van der Waals surface area contributed by atoms with E-state index in [2.05, 4.69) is 12.1 Å². The molecule has 0 saturated heterocycles. The van der Waals surface area contributed by atoms with Gasteiger partial charge in [-0.2, -0.15) is 13.2 Å². The Hall–Kier alpha value is -3.04. The van der Waals surface area contributed by atoms with E-state index in [-0.39, 0.29) is 16.5 Å². The minimum atomic E-state index is -4.54. The summed E-state index contributed by atoms with van der Waals surface area (Å²) in [5.74, 6) is -0.680. The van der Waals surface area contributed by atoms with Crippen LogP contribution in [0.4, 0.5) is 13.2 Å². The lowest BCUT2D eigenvalue weighted by Gasteiger charge is -2.26. The molecule has 152 valence electrons. The topological polar surface area (TPSA) is 0 Å². The summed E-state index contributed by atoms with van der Waals surface area (Å²) in [6, 6.07) is 26.8. The highest BCUT2D eigenvalue weighted by molar-refractivity contribution is 6.31. The zero-order valence-electron chi connectivity index (χ0n) is 16.2. The number of fused-ring (bicyclic) bond motifs is 6. The second kappa shape index (κ2) is 6.48. The van der Waals surface area contributed by atoms with Crippen molar-refractivity contribution in [3.05, 3.63) is 118 Å². The molecule has 4 aromatic rings. The highest BCUT2D eigenvalue weighted by Gasteiger charge is 2.47. The molecule has 0 fully saturated rings. The average molecular weight is 433 g/mol. The molecule has 6 rings (SSSR count). The molecule has 0 heterocycles. The van der Waals surface area contributed by atoms with Gasteiger partial charge in [0.1, 0.15) is 0 Å². The van der Waals surface area contributed by atoms with Crippen molar-refractivity contribution < 1.29 is 13.2 Å². The highest BCUT2D eigenvalue weighted by Crippen LogP contribution is 2.60. The fraction of sp³-hybridized carbons (Fsp3) is 0.111. The zero-order valence-corrected chi connectivity index (χ0v) is 17.0. The van der Waals surface area contributed by atoms with E-state index in [4.69, 9.17) is 11.6 Å². The monoisotopic (exact) mass is 432 g/mol. The van der Waals surface area contributed by atoms with E-state index in [0.29, 0.717) is 5.56 Å². The van der Waals surface area contributed by atoms with Gasteiger partial charge in [0.05, 0.1) is 10.6 Å². The molecule has 0 N–H and O–H groups in total. The molecule has 4 aromatic carbocycles. The first-order chi connectivity index (χ1) is 15.0. The first-order valence-corrected chi connectivity index (χ1v) is 10.5. The van der Waals surface area contributed by atoms with Gasteiger partial charge in [0.15, 0.2) is 0 Å². The van der Waals surface area contributed by atoms with Gasteiger partial charge in [0.2, 0.25) is 0 Å². The number of hydrogen-bond donors (Lipinski definition) is 0. The smallest absolute Gasteiger partial charge is 0.166 e. The lowest BCUT2D eigenvalue weighted by molar-refractivity contribution is -0.138. The van der Waals surface area contributed by atoms with E-state index < -0.39 is 17.7 Å². The van der Waals surface area contributed by atoms with Crippen molar-refractivity contribution in [1.29, 1.82) is 0 Å². The van der Waals surface area contributed by atoms with Crippen molar-refractivity contribution in [1.82, 2.24) is 0 Å². The van der Waals surface area contributed by atoms with E-state index in [1.807, 2.05) is 60.7 Å². The largest absolute Gasteiger partial charge is 0.418 e. The first-order valence-electron chi connectivity index (χ1n) is 10.1. The Kier molecular flexibility index (Phi) is 3.91. The fourth-order valence-corrected chi connectivity index (χ4v) is 5.78. The van der Waals surface area contributed by atoms with Gasteiger partial charge in [0, 0.05) is 11.8 Å². The molecule has 2 aliphatic carbocycles. The van der Waals surface area contributed by atoms with Gasteiger partial charge in [-0.05, 0) is 50.6 Å². The Morgan fingerprint density at radius 3 is 1.52 bits per heavy atom. The summed E-state index contributed by atoms with van der Waals surface area (Å²) < 4.78 is 42.9. The Labute approximate surface area is 182 Å². The molecule has 0 saturated carbocycles. The summed E-state index contributed by atoms with van der Waals surface area (Å²) in [5.41, 5.74) is 6.27. The minimum absolute atomic E-state index is 0.214. The van der Waals surface area contributed by atoms with Crippen LogP contribution in [-0.2, 0) is 6.18 Å². The Morgan fingerprint density at radius 2 is 1.00 bits per heavy atom. The van der Waals surface area contributed by atoms with E-state index in [1.54, 1.807) is 6.07 Å². The van der Waals surface area contributed by atoms with Crippen molar-refractivity contribution in [2.45, 2.75) is 18.0 Å². The van der Waals surface area contributed by atoms with E-state index in [9.17, 15) is 13.2 Å². The summed E-state index contributed by atoms with van der Waals surface area (Å²) in [5, 5.41) is -0.247. The molecule has 0 nitrogen and oxygen atoms in total. The van der Waals surface area contributed by atoms with E-state index in [0.717, 1.165) is 33.4 Å². The molecule has 0 radical (unpaired) electrons. The normalized spacial score (nSPS) is 16.6. The molecule has 0 spiro atoms. The van der Waals surface area contributed by atoms with Crippen LogP contribution in [-0.4, -0.2) is 0 Å². The molecular weight excluding hydrogens is 417 g/mol. The Balaban J connectivity index is 1.71. The number of halogens is 4. The average Bonchev–Trinajstić information content (AvgIpc) is 3.25. The Bertz CT molecular complexity index is 1310. The lowest BCUT2D eigenvalue weighted by Crippen LogP contribution is -2.16. The first kappa shape index (κ1) is 18.7. The number of rotatable bonds is 1. The molecule has 0 amide bonds. The molecule has 31 heavy (non-hydrogen) atoms. The maximum atomic E-state index is 14.3. The van der Waals surface area contributed by atoms with Gasteiger partial charge < -0.3 is 0 Å². The third-order valence-electron chi connectivity index (χ3n) is 6.59. The fourth-order valence-electron chi connectivity index (χ4n) is 5.51. The summed E-state index contributed by atoms with van der Waals surface area (Å²) in [4.78, 5) is 0. The van der Waals surface area contributed by atoms with Crippen molar-refractivity contribution in [2.24, 2.45) is 0 Å². The summed E-state index contributed by atoms with van der Waals surface area (Å²) >= 11 is 6.19. The van der Waals surface area contributed by atoms with Gasteiger partial charge in [0.25, 0.3) is 0 Å². The molecule has 1 unspecified atom stereocenters. The van der Waals surface area contributed by atoms with E-state index >= 15 is 0 Å². The standard InChI is InChI=1S/C27H16ClF3/c28-22-14-13-21-17-9-3-6-12-20(17)24(25(21)26(22)27(29,30)31)23-18-10-4-1-7-15(18)16-8-2-5-11-19(16)23/h1-14,23-24H. The van der Waals surface area contributed by atoms with Gasteiger partial charge in [-0.25, -0.2) is 0 Å². The van der Waals surface area contributed by atoms with Crippen molar-refractivity contribution in [3.63, 3.8) is 0 Å². The van der Waals surface area contributed by atoms with Crippen LogP contribution in [0.2, 0.25) is 5.02 Å². The molecule has 2 aliphatic rings. The predicted molar refractivity (Wildman–Crippen MR) is 117 cm³/mol. The second-order valence-electron chi connectivity index (χ2n) is 8.10. The van der Waals surface area contributed by atoms with Crippen LogP contribution in [0.1, 0.15) is 39.7 Å². The molecule has 4 heteroatoms. The third-order valence-corrected chi connectivity index (χ3v) is 6.91. The van der Waals surface area contributed by atoms with Crippen LogP contribution in [0.3, 0.4) is 0 Å². The summed E-state index contributed by atoms with van der Waals surface area (Å²) in [7, 11) is 0. The minimum Gasteiger partial charge on any atom is -0.166 e. The molecule has 1 atom stereocenters. The van der Waals surface area contributed by atoms with Crippen LogP contribution in [0.15, 0.2) is 84.9 Å². The van der Waals surface area contributed by atoms with Gasteiger partial charge in [-0.15, -0.1) is 0 Å². The maximum Gasteiger partial charge on any atom is 0.418 e. The summed E-state index contributed by atoms with van der Waals surface area (Å²) in [6.45, 7) is 0. The van der Waals surface area contributed by atoms with Gasteiger partial charge in [-0.3, -0.25) is 0 Å². The van der Waals surface area contributed by atoms with Crippen LogP contribution >= 0.6 is 11.6 Å². The SMILES string of the molecule is FC(F)(F)c1c(Cl)ccc2c1C(C1c3ccccc3-c3ccccc31)c1ccccc1-2. The lowest BCUT2D eigenvalue weighted by atomic mass is 9.77. The highest BCUT2D eigenvalue weighted by atomic mass is 35.5. The molecular formula is C27H16ClF3. The van der Waals surface area contributed by atoms with Crippen LogP contribution in [0, 0.1) is 0 Å². The zero-order chi connectivity index (χ0) is 21.3.